The molecule has 34 heavy (non-hydrogen) atoms. The Labute approximate surface area is 202 Å². The lowest BCUT2D eigenvalue weighted by molar-refractivity contribution is 0.120. The molecule has 178 valence electrons. The van der Waals surface area contributed by atoms with Crippen LogP contribution in [0.2, 0.25) is 5.02 Å². The maximum Gasteiger partial charge on any atom is 0.320 e. The van der Waals surface area contributed by atoms with Crippen LogP contribution in [0.15, 0.2) is 54.1 Å². The van der Waals surface area contributed by atoms with E-state index >= 15 is 0 Å². The van der Waals surface area contributed by atoms with E-state index < -0.39 is 9.84 Å². The zero-order valence-corrected chi connectivity index (χ0v) is 20.0. The van der Waals surface area contributed by atoms with Gasteiger partial charge in [0.05, 0.1) is 6.04 Å². The summed E-state index contributed by atoms with van der Waals surface area (Å²) in [5.41, 5.74) is 1.000. The van der Waals surface area contributed by atoms with Gasteiger partial charge in [0.2, 0.25) is 5.88 Å². The van der Waals surface area contributed by atoms with Crippen LogP contribution < -0.4 is 4.74 Å². The molecule has 12 heteroatoms. The standard InChI is InChI=1S/C22H23ClN6O4S/c1-34(31,32)20-8-17(23)3-4-19(20)33-21-5-2-15(9-24-21)16-10-28(11-16)22(30)27-7-6-18(12-27)29-13-25-26-14-29/h2-5,8-9,13-14,16,18H,6-7,10-12H2,1H3/t18-/m0/s1. The molecule has 0 unspecified atom stereocenters. The molecule has 0 aliphatic carbocycles. The van der Waals surface area contributed by atoms with Gasteiger partial charge in [-0.2, -0.15) is 0 Å². The molecule has 5 rings (SSSR count). The Morgan fingerprint density at radius 1 is 1.09 bits per heavy atom. The van der Waals surface area contributed by atoms with Crippen molar-refractivity contribution in [2.24, 2.45) is 0 Å². The molecule has 0 bridgehead atoms. The molecule has 0 saturated carbocycles. The van der Waals surface area contributed by atoms with E-state index in [-0.39, 0.29) is 34.5 Å². The molecular weight excluding hydrogens is 480 g/mol. The summed E-state index contributed by atoms with van der Waals surface area (Å²) < 4.78 is 31.7. The summed E-state index contributed by atoms with van der Waals surface area (Å²) in [4.78, 5) is 20.9. The Kier molecular flexibility index (Phi) is 5.90. The molecule has 2 aromatic heterocycles. The summed E-state index contributed by atoms with van der Waals surface area (Å²) in [6.45, 7) is 2.64. The zero-order valence-electron chi connectivity index (χ0n) is 18.4. The van der Waals surface area contributed by atoms with Gasteiger partial charge in [-0.3, -0.25) is 0 Å². The molecule has 0 spiro atoms. The van der Waals surface area contributed by atoms with Gasteiger partial charge in [-0.05, 0) is 30.2 Å². The zero-order chi connectivity index (χ0) is 23.9. The van der Waals surface area contributed by atoms with E-state index in [0.717, 1.165) is 24.8 Å². The molecule has 2 aliphatic rings. The fraction of sp³-hybridized carbons (Fsp3) is 0.364. The van der Waals surface area contributed by atoms with Gasteiger partial charge < -0.3 is 19.1 Å². The Morgan fingerprint density at radius 2 is 1.85 bits per heavy atom. The van der Waals surface area contributed by atoms with Crippen LogP contribution in [0.25, 0.3) is 0 Å². The fourth-order valence-electron chi connectivity index (χ4n) is 4.26. The van der Waals surface area contributed by atoms with Crippen molar-refractivity contribution in [2.75, 3.05) is 32.4 Å². The van der Waals surface area contributed by atoms with Crippen LogP contribution in [-0.2, 0) is 9.84 Å². The SMILES string of the molecule is CS(=O)(=O)c1cc(Cl)ccc1Oc1ccc(C2CN(C(=O)N3CC[C@H](n4cnnc4)C3)C2)cn1. The highest BCUT2D eigenvalue weighted by molar-refractivity contribution is 7.90. The smallest absolute Gasteiger partial charge is 0.320 e. The molecule has 2 amide bonds. The largest absolute Gasteiger partial charge is 0.438 e. The maximum atomic E-state index is 12.8. The Balaban J connectivity index is 1.18. The first-order valence-corrected chi connectivity index (χ1v) is 13.1. The van der Waals surface area contributed by atoms with E-state index in [4.69, 9.17) is 16.3 Å². The number of amides is 2. The van der Waals surface area contributed by atoms with Crippen molar-refractivity contribution >= 4 is 27.5 Å². The summed E-state index contributed by atoms with van der Waals surface area (Å²) in [5.74, 6) is 0.646. The predicted octanol–water partition coefficient (Wildman–Crippen LogP) is 2.99. The van der Waals surface area contributed by atoms with Crippen LogP contribution >= 0.6 is 11.6 Å². The van der Waals surface area contributed by atoms with Gasteiger partial charge in [0.25, 0.3) is 0 Å². The van der Waals surface area contributed by atoms with E-state index in [0.29, 0.717) is 24.7 Å². The van der Waals surface area contributed by atoms with Crippen LogP contribution in [-0.4, -0.2) is 76.4 Å². The van der Waals surface area contributed by atoms with Crippen molar-refractivity contribution in [3.8, 4) is 11.6 Å². The number of carbonyl (C=O) groups excluding carboxylic acids is 1. The number of hydrogen-bond acceptors (Lipinski definition) is 7. The highest BCUT2D eigenvalue weighted by Crippen LogP contribution is 2.33. The minimum absolute atomic E-state index is 0.00692. The van der Waals surface area contributed by atoms with Crippen LogP contribution in [0, 0.1) is 0 Å². The average molecular weight is 503 g/mol. The molecule has 2 saturated heterocycles. The highest BCUT2D eigenvalue weighted by Gasteiger charge is 2.37. The van der Waals surface area contributed by atoms with Crippen LogP contribution in [0.4, 0.5) is 4.79 Å². The average Bonchev–Trinajstić information content (AvgIpc) is 3.46. The summed E-state index contributed by atoms with van der Waals surface area (Å²) >= 11 is 5.94. The third kappa shape index (κ3) is 4.58. The Morgan fingerprint density at radius 3 is 2.53 bits per heavy atom. The number of pyridine rings is 1. The lowest BCUT2D eigenvalue weighted by Gasteiger charge is -2.41. The summed E-state index contributed by atoms with van der Waals surface area (Å²) in [6.07, 6.45) is 7.07. The third-order valence-corrected chi connectivity index (χ3v) is 7.55. The number of benzene rings is 1. The molecule has 0 N–H and O–H groups in total. The predicted molar refractivity (Wildman–Crippen MR) is 124 cm³/mol. The summed E-state index contributed by atoms with van der Waals surface area (Å²) in [5, 5.41) is 7.99. The van der Waals surface area contributed by atoms with E-state index in [9.17, 15) is 13.2 Å². The first-order chi connectivity index (χ1) is 16.3. The number of aromatic nitrogens is 4. The van der Waals surface area contributed by atoms with Gasteiger partial charge in [0.1, 0.15) is 23.3 Å². The number of nitrogens with zero attached hydrogens (tertiary/aromatic N) is 6. The highest BCUT2D eigenvalue weighted by atomic mass is 35.5. The quantitative estimate of drug-likeness (QED) is 0.527. The molecular formula is C22H23ClN6O4S. The van der Waals surface area contributed by atoms with Gasteiger partial charge in [0, 0.05) is 55.6 Å². The van der Waals surface area contributed by atoms with Crippen molar-refractivity contribution in [3.63, 3.8) is 0 Å². The van der Waals surface area contributed by atoms with Gasteiger partial charge in [-0.25, -0.2) is 18.2 Å². The number of likely N-dealkylation sites (tertiary alicyclic amines) is 2. The summed E-state index contributed by atoms with van der Waals surface area (Å²) in [7, 11) is -3.52. The van der Waals surface area contributed by atoms with E-state index in [2.05, 4.69) is 15.2 Å². The summed E-state index contributed by atoms with van der Waals surface area (Å²) in [6, 6.07) is 8.29. The molecule has 0 radical (unpaired) electrons. The number of carbonyl (C=O) groups is 1. The molecule has 1 atom stereocenters. The second kappa shape index (κ2) is 8.88. The van der Waals surface area contributed by atoms with Crippen molar-refractivity contribution in [1.29, 1.82) is 0 Å². The van der Waals surface area contributed by atoms with Crippen LogP contribution in [0.1, 0.15) is 23.9 Å². The van der Waals surface area contributed by atoms with Crippen molar-refractivity contribution < 1.29 is 17.9 Å². The minimum Gasteiger partial charge on any atom is -0.438 e. The minimum atomic E-state index is -3.52. The third-order valence-electron chi connectivity index (χ3n) is 6.19. The monoisotopic (exact) mass is 502 g/mol. The Hall–Kier alpha value is -3.18. The number of sulfone groups is 1. The van der Waals surface area contributed by atoms with Crippen molar-refractivity contribution in [3.05, 3.63) is 59.8 Å². The second-order valence-electron chi connectivity index (χ2n) is 8.58. The molecule has 1 aromatic carbocycles. The normalized spacial score (nSPS) is 18.7. The van der Waals surface area contributed by atoms with E-state index in [1.807, 2.05) is 20.4 Å². The number of halogens is 1. The Bertz CT molecular complexity index is 1290. The fourth-order valence-corrected chi connectivity index (χ4v) is 5.32. The lowest BCUT2D eigenvalue weighted by Crippen LogP contribution is -2.53. The topological polar surface area (TPSA) is 111 Å². The van der Waals surface area contributed by atoms with E-state index in [1.54, 1.807) is 31.0 Å². The molecule has 2 aliphatic heterocycles. The molecule has 3 aromatic rings. The van der Waals surface area contributed by atoms with Crippen LogP contribution in [0.3, 0.4) is 0 Å². The van der Waals surface area contributed by atoms with E-state index in [1.165, 1.54) is 12.1 Å². The first-order valence-electron chi connectivity index (χ1n) is 10.8. The number of urea groups is 1. The second-order valence-corrected chi connectivity index (χ2v) is 11.0. The number of ether oxygens (including phenoxy) is 1. The van der Waals surface area contributed by atoms with Gasteiger partial charge in [-0.1, -0.05) is 17.7 Å². The number of hydrogen-bond donors (Lipinski definition) is 0. The van der Waals surface area contributed by atoms with Gasteiger partial charge in [0.15, 0.2) is 9.84 Å². The van der Waals surface area contributed by atoms with Crippen molar-refractivity contribution in [2.45, 2.75) is 23.3 Å². The molecule has 10 nitrogen and oxygen atoms in total. The molecule has 4 heterocycles. The number of rotatable bonds is 5. The molecule has 2 fully saturated rings. The first kappa shape index (κ1) is 22.6. The maximum absolute atomic E-state index is 12.8. The van der Waals surface area contributed by atoms with Crippen molar-refractivity contribution in [1.82, 2.24) is 29.5 Å². The van der Waals surface area contributed by atoms with Crippen LogP contribution in [0.5, 0.6) is 11.6 Å². The van der Waals surface area contributed by atoms with Gasteiger partial charge in [-0.15, -0.1) is 10.2 Å². The lowest BCUT2D eigenvalue weighted by atomic mass is 9.93. The van der Waals surface area contributed by atoms with Gasteiger partial charge >= 0.3 is 6.03 Å².